The predicted octanol–water partition coefficient (Wildman–Crippen LogP) is 5.41. The summed E-state index contributed by atoms with van der Waals surface area (Å²) in [6.07, 6.45) is -4.34. The number of aryl methyl sites for hydroxylation is 1. The number of nitrogens with zero attached hydrogens (tertiary/aromatic N) is 5. The lowest BCUT2D eigenvalue weighted by Gasteiger charge is -2.06. The summed E-state index contributed by atoms with van der Waals surface area (Å²) < 4.78 is 39.8. The summed E-state index contributed by atoms with van der Waals surface area (Å²) in [7, 11) is 0. The Bertz CT molecular complexity index is 1120. The quantitative estimate of drug-likeness (QED) is 0.394. The Hall–Kier alpha value is -2.72. The van der Waals surface area contributed by atoms with Crippen LogP contribution in [0.1, 0.15) is 16.8 Å². The molecule has 0 saturated carbocycles. The summed E-state index contributed by atoms with van der Waals surface area (Å²) in [6, 6.07) is 12.8. The topological polar surface area (TPSA) is 56.5 Å². The smallest absolute Gasteiger partial charge is 0.240 e. The largest absolute Gasteiger partial charge is 0.416 e. The normalized spacial score (nSPS) is 11.7. The van der Waals surface area contributed by atoms with Crippen LogP contribution in [0.2, 0.25) is 0 Å². The van der Waals surface area contributed by atoms with Crippen LogP contribution in [0.3, 0.4) is 0 Å². The van der Waals surface area contributed by atoms with E-state index < -0.39 is 11.7 Å². The first-order chi connectivity index (χ1) is 13.9. The maximum absolute atomic E-state index is 12.7. The minimum Gasteiger partial charge on any atom is -0.240 e. The molecule has 10 heteroatoms. The van der Waals surface area contributed by atoms with Gasteiger partial charge in [0.2, 0.25) is 5.16 Å². The van der Waals surface area contributed by atoms with Gasteiger partial charge in [-0.2, -0.15) is 17.9 Å². The molecule has 0 saturated heterocycles. The number of aromatic nitrogens is 5. The number of hydrogen-bond donors (Lipinski definition) is 0. The summed E-state index contributed by atoms with van der Waals surface area (Å²) in [4.78, 5) is 4.53. The van der Waals surface area contributed by atoms with Gasteiger partial charge in [-0.1, -0.05) is 42.1 Å². The van der Waals surface area contributed by atoms with E-state index in [-0.39, 0.29) is 0 Å². The summed E-state index contributed by atoms with van der Waals surface area (Å²) in [5.41, 5.74) is 2.76. The highest BCUT2D eigenvalue weighted by Crippen LogP contribution is 2.32. The van der Waals surface area contributed by atoms with Crippen LogP contribution >= 0.6 is 23.1 Å². The van der Waals surface area contributed by atoms with Crippen molar-refractivity contribution < 1.29 is 13.2 Å². The maximum atomic E-state index is 12.7. The number of thiazole rings is 1. The van der Waals surface area contributed by atoms with Crippen molar-refractivity contribution in [1.82, 2.24) is 25.2 Å². The fourth-order valence-electron chi connectivity index (χ4n) is 2.67. The second-order valence-corrected chi connectivity index (χ2v) is 7.97. The zero-order chi connectivity index (χ0) is 20.4. The van der Waals surface area contributed by atoms with E-state index in [2.05, 4.69) is 20.5 Å². The van der Waals surface area contributed by atoms with Crippen LogP contribution in [0.25, 0.3) is 16.3 Å². The summed E-state index contributed by atoms with van der Waals surface area (Å²) in [5, 5.41) is 15.1. The molecule has 0 spiro atoms. The van der Waals surface area contributed by atoms with E-state index in [0.29, 0.717) is 21.5 Å². The first kappa shape index (κ1) is 19.6. The lowest BCUT2D eigenvalue weighted by Crippen LogP contribution is -2.03. The molecule has 4 rings (SSSR count). The van der Waals surface area contributed by atoms with Gasteiger partial charge in [0.25, 0.3) is 0 Å². The van der Waals surface area contributed by atoms with Gasteiger partial charge >= 0.3 is 6.18 Å². The van der Waals surface area contributed by atoms with Crippen molar-refractivity contribution in [1.29, 1.82) is 0 Å². The molecule has 4 aromatic rings. The van der Waals surface area contributed by atoms with E-state index in [1.54, 1.807) is 4.68 Å². The van der Waals surface area contributed by atoms with Gasteiger partial charge in [-0.3, -0.25) is 0 Å². The Morgan fingerprint density at radius 3 is 2.55 bits per heavy atom. The molecule has 0 aliphatic heterocycles. The SMILES string of the molecule is Cc1ccccc1-n1nnnc1SCc1csc(-c2ccc(C(F)(F)F)cc2)n1. The van der Waals surface area contributed by atoms with Crippen molar-refractivity contribution in [3.05, 3.63) is 70.7 Å². The Kier molecular flexibility index (Phi) is 5.37. The molecule has 0 atom stereocenters. The first-order valence-corrected chi connectivity index (χ1v) is 10.4. The van der Waals surface area contributed by atoms with Crippen molar-refractivity contribution in [2.45, 2.75) is 24.0 Å². The number of thioether (sulfide) groups is 1. The summed E-state index contributed by atoms with van der Waals surface area (Å²) >= 11 is 2.84. The molecule has 0 fully saturated rings. The predicted molar refractivity (Wildman–Crippen MR) is 106 cm³/mol. The number of benzene rings is 2. The van der Waals surface area contributed by atoms with E-state index in [4.69, 9.17) is 0 Å². The highest BCUT2D eigenvalue weighted by atomic mass is 32.2. The van der Waals surface area contributed by atoms with Gasteiger partial charge in [-0.05, 0) is 41.1 Å². The number of halogens is 3. The molecule has 0 aliphatic rings. The van der Waals surface area contributed by atoms with Gasteiger partial charge in [0.05, 0.1) is 16.9 Å². The molecular formula is C19H14F3N5S2. The minimum atomic E-state index is -4.34. The van der Waals surface area contributed by atoms with Crippen LogP contribution in [0.5, 0.6) is 0 Å². The number of alkyl halides is 3. The lowest BCUT2D eigenvalue weighted by molar-refractivity contribution is -0.137. The Morgan fingerprint density at radius 1 is 1.07 bits per heavy atom. The van der Waals surface area contributed by atoms with Gasteiger partial charge in [-0.15, -0.1) is 16.4 Å². The molecule has 0 radical (unpaired) electrons. The van der Waals surface area contributed by atoms with Crippen LogP contribution in [-0.2, 0) is 11.9 Å². The summed E-state index contributed by atoms with van der Waals surface area (Å²) in [6.45, 7) is 1.99. The van der Waals surface area contributed by atoms with Gasteiger partial charge < -0.3 is 0 Å². The second-order valence-electron chi connectivity index (χ2n) is 6.17. The van der Waals surface area contributed by atoms with Crippen molar-refractivity contribution in [3.8, 4) is 16.3 Å². The van der Waals surface area contributed by atoms with Crippen molar-refractivity contribution in [2.24, 2.45) is 0 Å². The molecule has 0 aliphatic carbocycles. The number of para-hydroxylation sites is 1. The van der Waals surface area contributed by atoms with E-state index in [1.807, 2.05) is 36.6 Å². The van der Waals surface area contributed by atoms with E-state index in [0.717, 1.165) is 29.1 Å². The first-order valence-electron chi connectivity index (χ1n) is 8.51. The molecular weight excluding hydrogens is 419 g/mol. The van der Waals surface area contributed by atoms with Crippen molar-refractivity contribution in [2.75, 3.05) is 0 Å². The molecule has 2 aromatic carbocycles. The third-order valence-electron chi connectivity index (χ3n) is 4.14. The van der Waals surface area contributed by atoms with Crippen LogP contribution in [-0.4, -0.2) is 25.2 Å². The average molecular weight is 433 g/mol. The monoisotopic (exact) mass is 433 g/mol. The highest BCUT2D eigenvalue weighted by molar-refractivity contribution is 7.98. The third kappa shape index (κ3) is 4.33. The van der Waals surface area contributed by atoms with Crippen LogP contribution in [0, 0.1) is 6.92 Å². The number of hydrogen-bond acceptors (Lipinski definition) is 6. The molecule has 2 heterocycles. The van der Waals surface area contributed by atoms with Crippen LogP contribution in [0.15, 0.2) is 59.1 Å². The Morgan fingerprint density at radius 2 is 1.83 bits per heavy atom. The van der Waals surface area contributed by atoms with E-state index in [9.17, 15) is 13.2 Å². The molecule has 0 N–H and O–H groups in total. The third-order valence-corrected chi connectivity index (χ3v) is 6.04. The fraction of sp³-hybridized carbons (Fsp3) is 0.158. The van der Waals surface area contributed by atoms with Crippen LogP contribution in [0.4, 0.5) is 13.2 Å². The number of tetrazole rings is 1. The van der Waals surface area contributed by atoms with E-state index >= 15 is 0 Å². The molecule has 2 aromatic heterocycles. The minimum absolute atomic E-state index is 0.545. The van der Waals surface area contributed by atoms with Crippen molar-refractivity contribution in [3.63, 3.8) is 0 Å². The summed E-state index contributed by atoms with van der Waals surface area (Å²) in [5.74, 6) is 0.545. The Balaban J connectivity index is 1.47. The van der Waals surface area contributed by atoms with Gasteiger partial charge in [-0.25, -0.2) is 4.98 Å². The highest BCUT2D eigenvalue weighted by Gasteiger charge is 2.30. The maximum Gasteiger partial charge on any atom is 0.416 e. The van der Waals surface area contributed by atoms with Gasteiger partial charge in [0.1, 0.15) is 5.01 Å². The fourth-order valence-corrected chi connectivity index (χ4v) is 4.37. The van der Waals surface area contributed by atoms with E-state index in [1.165, 1.54) is 35.2 Å². The Labute approximate surface area is 172 Å². The average Bonchev–Trinajstić information content (AvgIpc) is 3.36. The standard InChI is InChI=1S/C19H14F3N5S2/c1-12-4-2-3-5-16(12)27-18(24-25-26-27)29-11-15-10-28-17(23-15)13-6-8-14(9-7-13)19(20,21)22/h2-10H,11H2,1H3. The van der Waals surface area contributed by atoms with Gasteiger partial charge in [0, 0.05) is 16.7 Å². The van der Waals surface area contributed by atoms with Crippen LogP contribution < -0.4 is 0 Å². The molecule has 0 amide bonds. The van der Waals surface area contributed by atoms with Gasteiger partial charge in [0.15, 0.2) is 0 Å². The molecule has 5 nitrogen and oxygen atoms in total. The molecule has 0 unspecified atom stereocenters. The second kappa shape index (κ2) is 7.96. The number of rotatable bonds is 5. The zero-order valence-electron chi connectivity index (χ0n) is 15.1. The lowest BCUT2D eigenvalue weighted by atomic mass is 10.1. The molecule has 0 bridgehead atoms. The zero-order valence-corrected chi connectivity index (χ0v) is 16.7. The molecule has 29 heavy (non-hydrogen) atoms. The van der Waals surface area contributed by atoms with Crippen molar-refractivity contribution >= 4 is 23.1 Å². The molecule has 148 valence electrons.